The highest BCUT2D eigenvalue weighted by Crippen LogP contribution is 2.43. The number of carbonyl (C=O) groups excluding carboxylic acids is 1. The van der Waals surface area contributed by atoms with Crippen molar-refractivity contribution in [2.24, 2.45) is 0 Å². The monoisotopic (exact) mass is 563 g/mol. The molecule has 0 unspecified atom stereocenters. The van der Waals surface area contributed by atoms with Crippen molar-refractivity contribution in [1.29, 1.82) is 0 Å². The summed E-state index contributed by atoms with van der Waals surface area (Å²) in [5, 5.41) is 17.7. The predicted molar refractivity (Wildman–Crippen MR) is 139 cm³/mol. The molecule has 0 radical (unpaired) electrons. The Hall–Kier alpha value is -3.77. The van der Waals surface area contributed by atoms with E-state index in [2.05, 4.69) is 4.90 Å². The van der Waals surface area contributed by atoms with Gasteiger partial charge in [-0.25, -0.2) is 14.6 Å². The van der Waals surface area contributed by atoms with E-state index in [-0.39, 0.29) is 5.91 Å². The number of halogens is 3. The maximum absolute atomic E-state index is 13.1. The molecule has 1 aliphatic heterocycles. The average molecular weight is 564 g/mol. The summed E-state index contributed by atoms with van der Waals surface area (Å²) in [4.78, 5) is 39.9. The van der Waals surface area contributed by atoms with E-state index in [1.54, 1.807) is 24.3 Å². The Labute approximate surface area is 227 Å². The van der Waals surface area contributed by atoms with Gasteiger partial charge in [-0.3, -0.25) is 14.6 Å². The second-order valence-corrected chi connectivity index (χ2v) is 9.96. The Morgan fingerprint density at radius 2 is 1.64 bits per heavy atom. The maximum atomic E-state index is 13.1. The first-order chi connectivity index (χ1) is 18.3. The minimum absolute atomic E-state index is 0.0552. The van der Waals surface area contributed by atoms with Crippen LogP contribution in [0.2, 0.25) is 0 Å². The molecule has 8 nitrogen and oxygen atoms in total. The minimum Gasteiger partial charge on any atom is -0.473 e. The van der Waals surface area contributed by atoms with Crippen molar-refractivity contribution in [3.05, 3.63) is 81.8 Å². The fraction of sp³-hybridized carbons (Fsp3) is 0.333. The number of anilines is 1. The summed E-state index contributed by atoms with van der Waals surface area (Å²) < 4.78 is 39.3. The van der Waals surface area contributed by atoms with Gasteiger partial charge in [0.1, 0.15) is 10.5 Å². The molecule has 2 aromatic carbocycles. The van der Waals surface area contributed by atoms with Crippen molar-refractivity contribution in [2.75, 3.05) is 18.0 Å². The molecule has 0 bridgehead atoms. The number of hydrogen-bond donors (Lipinski definition) is 2. The van der Waals surface area contributed by atoms with E-state index in [1.165, 1.54) is 12.1 Å². The molecule has 208 valence electrons. The smallest absolute Gasteiger partial charge is 0.416 e. The van der Waals surface area contributed by atoms with Crippen molar-refractivity contribution < 1.29 is 37.8 Å². The highest BCUT2D eigenvalue weighted by Gasteiger charge is 2.46. The first kappa shape index (κ1) is 29.8. The van der Waals surface area contributed by atoms with Crippen LogP contribution in [0.1, 0.15) is 41.6 Å². The zero-order chi connectivity index (χ0) is 28.8. The molecule has 2 heterocycles. The number of aromatic nitrogens is 1. The second kappa shape index (κ2) is 12.4. The number of para-hydroxylation sites is 1. The van der Waals surface area contributed by atoms with Crippen molar-refractivity contribution in [3.8, 4) is 0 Å². The molecule has 1 aromatic heterocycles. The van der Waals surface area contributed by atoms with Crippen LogP contribution in [0.25, 0.3) is 0 Å². The summed E-state index contributed by atoms with van der Waals surface area (Å²) in [6.07, 6.45) is -3.06. The number of thiazole rings is 1. The molecule has 3 aromatic rings. The predicted octanol–water partition coefficient (Wildman–Crippen LogP) is 5.17. The molecule has 0 atom stereocenters. The van der Waals surface area contributed by atoms with Crippen molar-refractivity contribution >= 4 is 34.9 Å². The van der Waals surface area contributed by atoms with Crippen molar-refractivity contribution in [1.82, 2.24) is 9.88 Å². The van der Waals surface area contributed by atoms with Crippen LogP contribution < -0.4 is 4.90 Å². The van der Waals surface area contributed by atoms with Crippen LogP contribution in [0, 0.1) is 6.92 Å². The van der Waals surface area contributed by atoms with Crippen LogP contribution in [0.5, 0.6) is 0 Å². The van der Waals surface area contributed by atoms with Gasteiger partial charge >= 0.3 is 18.1 Å². The van der Waals surface area contributed by atoms with Gasteiger partial charge in [-0.05, 0) is 43.5 Å². The molecule has 1 aliphatic rings. The molecule has 1 amide bonds. The topological polar surface area (TPSA) is 111 Å². The Morgan fingerprint density at radius 3 is 2.13 bits per heavy atom. The number of likely N-dealkylation sites (tertiary alicyclic amines) is 1. The number of carboxylic acids is 2. The Balaban J connectivity index is 0.000000631. The van der Waals surface area contributed by atoms with Gasteiger partial charge in [-0.1, -0.05) is 36.4 Å². The molecule has 0 spiro atoms. The SMILES string of the molecule is CC(=O)N(c1ccccc1)C1(c2nc(C)cs2)CCN(Cc2cccc(C(F)(F)F)c2)CC1.O=C(O)C(=O)O. The fourth-order valence-corrected chi connectivity index (χ4v) is 5.64. The van der Waals surface area contributed by atoms with E-state index >= 15 is 0 Å². The quantitative estimate of drug-likeness (QED) is 0.412. The van der Waals surface area contributed by atoms with Crippen LogP contribution in [0.15, 0.2) is 60.0 Å². The lowest BCUT2D eigenvalue weighted by molar-refractivity contribution is -0.159. The van der Waals surface area contributed by atoms with Gasteiger partial charge in [-0.2, -0.15) is 13.2 Å². The Bertz CT molecular complexity index is 1290. The van der Waals surface area contributed by atoms with E-state index in [1.807, 2.05) is 47.5 Å². The van der Waals surface area contributed by atoms with Crippen LogP contribution in [-0.4, -0.2) is 51.0 Å². The number of piperidine rings is 1. The fourth-order valence-electron chi connectivity index (χ4n) is 4.59. The van der Waals surface area contributed by atoms with Gasteiger partial charge in [0.2, 0.25) is 5.91 Å². The third kappa shape index (κ3) is 7.42. The zero-order valence-electron chi connectivity index (χ0n) is 21.3. The number of nitrogens with zero attached hydrogens (tertiary/aromatic N) is 3. The number of carboxylic acid groups (broad SMARTS) is 2. The third-order valence-corrected chi connectivity index (χ3v) is 7.45. The first-order valence-corrected chi connectivity index (χ1v) is 12.8. The van der Waals surface area contributed by atoms with Crippen LogP contribution in [0.3, 0.4) is 0 Å². The summed E-state index contributed by atoms with van der Waals surface area (Å²) in [6, 6.07) is 15.1. The molecular formula is C27H28F3N3O5S. The summed E-state index contributed by atoms with van der Waals surface area (Å²) in [7, 11) is 0. The standard InChI is InChI=1S/C25H26F3N3OS.C2H2O4/c1-18-17-33-23(29-18)24(31(19(2)32)22-9-4-3-5-10-22)11-13-30(14-12-24)16-20-7-6-8-21(15-20)25(26,27)28;3-1(4)2(5)6/h3-10,15,17H,11-14,16H2,1-2H3;(H,3,4)(H,5,6). The number of benzene rings is 2. The number of hydrogen-bond acceptors (Lipinski definition) is 6. The van der Waals surface area contributed by atoms with Crippen molar-refractivity contribution in [2.45, 2.75) is 44.9 Å². The summed E-state index contributed by atoms with van der Waals surface area (Å²) >= 11 is 1.56. The van der Waals surface area contributed by atoms with E-state index in [9.17, 15) is 18.0 Å². The highest BCUT2D eigenvalue weighted by molar-refractivity contribution is 7.09. The minimum atomic E-state index is -4.35. The van der Waals surface area contributed by atoms with Gasteiger partial charge in [-0.15, -0.1) is 11.3 Å². The molecule has 0 saturated carbocycles. The lowest BCUT2D eigenvalue weighted by Crippen LogP contribution is -2.55. The third-order valence-electron chi connectivity index (χ3n) is 6.30. The number of aryl methyl sites for hydroxylation is 1. The van der Waals surface area contributed by atoms with Crippen LogP contribution in [0.4, 0.5) is 18.9 Å². The zero-order valence-corrected chi connectivity index (χ0v) is 22.1. The molecular weight excluding hydrogens is 535 g/mol. The number of amides is 1. The molecule has 2 N–H and O–H groups in total. The van der Waals surface area contributed by atoms with Gasteiger partial charge < -0.3 is 10.2 Å². The van der Waals surface area contributed by atoms with Gasteiger partial charge in [0.25, 0.3) is 0 Å². The normalized spacial score (nSPS) is 15.1. The van der Waals surface area contributed by atoms with E-state index in [0.717, 1.165) is 22.5 Å². The molecule has 39 heavy (non-hydrogen) atoms. The second-order valence-electron chi connectivity index (χ2n) is 9.10. The largest absolute Gasteiger partial charge is 0.473 e. The molecule has 1 saturated heterocycles. The van der Waals surface area contributed by atoms with E-state index in [0.29, 0.717) is 38.0 Å². The molecule has 0 aliphatic carbocycles. The van der Waals surface area contributed by atoms with Gasteiger partial charge in [0.05, 0.1) is 5.56 Å². The number of aliphatic carboxylic acids is 2. The Kier molecular flexibility index (Phi) is 9.46. The number of carbonyl (C=O) groups is 3. The van der Waals surface area contributed by atoms with Crippen LogP contribution in [-0.2, 0) is 32.6 Å². The lowest BCUT2D eigenvalue weighted by Gasteiger charge is -2.47. The molecule has 1 fully saturated rings. The number of rotatable bonds is 5. The maximum Gasteiger partial charge on any atom is 0.416 e. The van der Waals surface area contributed by atoms with Crippen LogP contribution >= 0.6 is 11.3 Å². The summed E-state index contributed by atoms with van der Waals surface area (Å²) in [5.41, 5.74) is 1.16. The molecule has 12 heteroatoms. The molecule has 4 rings (SSSR count). The number of alkyl halides is 3. The van der Waals surface area contributed by atoms with E-state index < -0.39 is 29.2 Å². The van der Waals surface area contributed by atoms with Crippen molar-refractivity contribution in [3.63, 3.8) is 0 Å². The summed E-state index contributed by atoms with van der Waals surface area (Å²) in [6.45, 7) is 5.24. The highest BCUT2D eigenvalue weighted by atomic mass is 32.1. The summed E-state index contributed by atoms with van der Waals surface area (Å²) in [5.74, 6) is -3.70. The Morgan fingerprint density at radius 1 is 1.03 bits per heavy atom. The average Bonchev–Trinajstić information content (AvgIpc) is 3.32. The van der Waals surface area contributed by atoms with E-state index in [4.69, 9.17) is 24.8 Å². The lowest BCUT2D eigenvalue weighted by atomic mass is 9.85. The van der Waals surface area contributed by atoms with Gasteiger partial charge in [0, 0.05) is 43.3 Å². The van der Waals surface area contributed by atoms with Gasteiger partial charge in [0.15, 0.2) is 0 Å². The first-order valence-electron chi connectivity index (χ1n) is 12.0.